The quantitative estimate of drug-likeness (QED) is 0.728. The molecule has 148 valence electrons. The molecule has 1 aliphatic heterocycles. The molecular formula is C22H20F2N4O. The summed E-state index contributed by atoms with van der Waals surface area (Å²) in [4.78, 5) is 20.7. The third kappa shape index (κ3) is 4.34. The van der Waals surface area contributed by atoms with E-state index in [-0.39, 0.29) is 23.2 Å². The summed E-state index contributed by atoms with van der Waals surface area (Å²) in [5.41, 5.74) is 2.32. The number of para-hydroxylation sites is 1. The van der Waals surface area contributed by atoms with Gasteiger partial charge in [-0.1, -0.05) is 12.1 Å². The van der Waals surface area contributed by atoms with Gasteiger partial charge in [0.05, 0.1) is 17.6 Å². The van der Waals surface area contributed by atoms with Gasteiger partial charge in [0.15, 0.2) is 0 Å². The number of rotatable bonds is 4. The number of hydrogen-bond donors (Lipinski definition) is 1. The van der Waals surface area contributed by atoms with Crippen molar-refractivity contribution in [2.45, 2.75) is 0 Å². The molecule has 2 aromatic carbocycles. The van der Waals surface area contributed by atoms with Gasteiger partial charge < -0.3 is 15.1 Å². The third-order valence-electron chi connectivity index (χ3n) is 4.92. The molecule has 0 spiro atoms. The maximum Gasteiger partial charge on any atom is 0.274 e. The van der Waals surface area contributed by atoms with Crippen LogP contribution in [0.4, 0.5) is 25.8 Å². The van der Waals surface area contributed by atoms with Gasteiger partial charge in [-0.05, 0) is 48.5 Å². The topological polar surface area (TPSA) is 48.5 Å². The lowest BCUT2D eigenvalue weighted by Gasteiger charge is -2.37. The van der Waals surface area contributed by atoms with Gasteiger partial charge in [0.25, 0.3) is 5.91 Å². The van der Waals surface area contributed by atoms with Crippen molar-refractivity contribution in [2.24, 2.45) is 0 Å². The number of anilines is 3. The fourth-order valence-corrected chi connectivity index (χ4v) is 3.35. The van der Waals surface area contributed by atoms with E-state index in [0.717, 1.165) is 18.8 Å². The zero-order valence-corrected chi connectivity index (χ0v) is 15.7. The van der Waals surface area contributed by atoms with Crippen LogP contribution in [-0.4, -0.2) is 37.1 Å². The molecule has 5 nitrogen and oxygen atoms in total. The first-order valence-electron chi connectivity index (χ1n) is 9.37. The average Bonchev–Trinajstić information content (AvgIpc) is 2.76. The van der Waals surface area contributed by atoms with E-state index in [9.17, 15) is 13.6 Å². The number of nitrogens with one attached hydrogen (secondary N) is 1. The second kappa shape index (κ2) is 8.26. The van der Waals surface area contributed by atoms with Crippen LogP contribution in [0, 0.1) is 11.6 Å². The summed E-state index contributed by atoms with van der Waals surface area (Å²) in [5.74, 6) is -0.924. The van der Waals surface area contributed by atoms with E-state index in [1.54, 1.807) is 24.4 Å². The van der Waals surface area contributed by atoms with Crippen molar-refractivity contribution in [2.75, 3.05) is 41.3 Å². The molecule has 0 bridgehead atoms. The lowest BCUT2D eigenvalue weighted by atomic mass is 10.2. The van der Waals surface area contributed by atoms with E-state index in [2.05, 4.69) is 15.2 Å². The molecule has 1 amide bonds. The van der Waals surface area contributed by atoms with Gasteiger partial charge in [-0.3, -0.25) is 4.79 Å². The standard InChI is InChI=1S/C22H20F2N4O/c23-16-5-7-17(8-6-16)26-22(29)20-10-9-18(15-25-20)27-11-13-28(14-12-27)21-4-2-1-3-19(21)24/h1-10,15H,11-14H2,(H,26,29). The molecule has 1 N–H and O–H groups in total. The van der Waals surface area contributed by atoms with Gasteiger partial charge in [0.1, 0.15) is 17.3 Å². The predicted octanol–water partition coefficient (Wildman–Crippen LogP) is 3.94. The van der Waals surface area contributed by atoms with Crippen molar-refractivity contribution in [1.29, 1.82) is 0 Å². The Balaban J connectivity index is 1.36. The number of aromatic nitrogens is 1. The maximum absolute atomic E-state index is 14.0. The van der Waals surface area contributed by atoms with Crippen LogP contribution in [0.1, 0.15) is 10.5 Å². The number of pyridine rings is 1. The minimum atomic E-state index is -0.361. The number of carbonyl (C=O) groups excluding carboxylic acids is 1. The van der Waals surface area contributed by atoms with Crippen LogP contribution in [0.2, 0.25) is 0 Å². The van der Waals surface area contributed by atoms with Crippen molar-refractivity contribution < 1.29 is 13.6 Å². The maximum atomic E-state index is 14.0. The molecule has 0 unspecified atom stereocenters. The highest BCUT2D eigenvalue weighted by Crippen LogP contribution is 2.22. The summed E-state index contributed by atoms with van der Waals surface area (Å²) >= 11 is 0. The number of piperazine rings is 1. The molecule has 1 fully saturated rings. The van der Waals surface area contributed by atoms with Crippen LogP contribution in [-0.2, 0) is 0 Å². The van der Waals surface area contributed by atoms with E-state index in [1.165, 1.54) is 30.3 Å². The molecule has 0 radical (unpaired) electrons. The molecule has 3 aromatic rings. The number of amides is 1. The van der Waals surface area contributed by atoms with Gasteiger partial charge in [-0.15, -0.1) is 0 Å². The normalized spacial score (nSPS) is 14.0. The number of halogens is 2. The van der Waals surface area contributed by atoms with Gasteiger partial charge in [-0.25, -0.2) is 13.8 Å². The van der Waals surface area contributed by atoms with Crippen LogP contribution < -0.4 is 15.1 Å². The SMILES string of the molecule is O=C(Nc1ccc(F)cc1)c1ccc(N2CCN(c3ccccc3F)CC2)cn1. The summed E-state index contributed by atoms with van der Waals surface area (Å²) in [7, 11) is 0. The minimum Gasteiger partial charge on any atom is -0.367 e. The number of benzene rings is 2. The summed E-state index contributed by atoms with van der Waals surface area (Å²) in [6.45, 7) is 2.87. The molecule has 4 rings (SSSR count). The molecule has 1 saturated heterocycles. The fourth-order valence-electron chi connectivity index (χ4n) is 3.35. The minimum absolute atomic E-state index is 0.209. The highest BCUT2D eigenvalue weighted by atomic mass is 19.1. The van der Waals surface area contributed by atoms with E-state index in [0.29, 0.717) is 24.5 Å². The molecule has 29 heavy (non-hydrogen) atoms. The first-order chi connectivity index (χ1) is 14.1. The summed E-state index contributed by atoms with van der Waals surface area (Å²) in [6, 6.07) is 15.9. The molecular weight excluding hydrogens is 374 g/mol. The Labute approximate surface area is 167 Å². The summed E-state index contributed by atoms with van der Waals surface area (Å²) in [5, 5.41) is 2.69. The first kappa shape index (κ1) is 18.9. The monoisotopic (exact) mass is 394 g/mol. The zero-order valence-electron chi connectivity index (χ0n) is 15.7. The molecule has 0 saturated carbocycles. The first-order valence-corrected chi connectivity index (χ1v) is 9.37. The second-order valence-electron chi connectivity index (χ2n) is 6.79. The largest absolute Gasteiger partial charge is 0.367 e. The second-order valence-corrected chi connectivity index (χ2v) is 6.79. The van der Waals surface area contributed by atoms with Crippen LogP contribution in [0.5, 0.6) is 0 Å². The van der Waals surface area contributed by atoms with Gasteiger partial charge in [-0.2, -0.15) is 0 Å². The van der Waals surface area contributed by atoms with Crippen molar-refractivity contribution in [3.05, 3.63) is 84.2 Å². The molecule has 1 aliphatic rings. The summed E-state index contributed by atoms with van der Waals surface area (Å²) in [6.07, 6.45) is 1.67. The molecule has 0 atom stereocenters. The molecule has 2 heterocycles. The lowest BCUT2D eigenvalue weighted by Crippen LogP contribution is -2.46. The number of carbonyl (C=O) groups is 1. The van der Waals surface area contributed by atoms with Gasteiger partial charge in [0.2, 0.25) is 0 Å². The summed E-state index contributed by atoms with van der Waals surface area (Å²) < 4.78 is 26.9. The Bertz CT molecular complexity index is 984. The predicted molar refractivity (Wildman–Crippen MR) is 109 cm³/mol. The van der Waals surface area contributed by atoms with E-state index < -0.39 is 0 Å². The highest BCUT2D eigenvalue weighted by Gasteiger charge is 2.20. The highest BCUT2D eigenvalue weighted by molar-refractivity contribution is 6.02. The Morgan fingerprint density at radius 1 is 0.862 bits per heavy atom. The third-order valence-corrected chi connectivity index (χ3v) is 4.92. The zero-order chi connectivity index (χ0) is 20.2. The Kier molecular flexibility index (Phi) is 5.37. The number of hydrogen-bond acceptors (Lipinski definition) is 4. The van der Waals surface area contributed by atoms with Crippen LogP contribution in [0.3, 0.4) is 0 Å². The molecule has 1 aromatic heterocycles. The average molecular weight is 394 g/mol. The Morgan fingerprint density at radius 2 is 1.55 bits per heavy atom. The number of nitrogens with zero attached hydrogens (tertiary/aromatic N) is 3. The van der Waals surface area contributed by atoms with Crippen LogP contribution in [0.25, 0.3) is 0 Å². The van der Waals surface area contributed by atoms with Crippen LogP contribution in [0.15, 0.2) is 66.9 Å². The van der Waals surface area contributed by atoms with Crippen molar-refractivity contribution >= 4 is 23.0 Å². The van der Waals surface area contributed by atoms with Gasteiger partial charge in [0, 0.05) is 31.9 Å². The molecule has 0 aliphatic carbocycles. The van der Waals surface area contributed by atoms with Crippen molar-refractivity contribution in [3.8, 4) is 0 Å². The van der Waals surface area contributed by atoms with Crippen molar-refractivity contribution in [1.82, 2.24) is 4.98 Å². The van der Waals surface area contributed by atoms with E-state index >= 15 is 0 Å². The van der Waals surface area contributed by atoms with E-state index in [1.807, 2.05) is 17.0 Å². The Morgan fingerprint density at radius 3 is 2.21 bits per heavy atom. The van der Waals surface area contributed by atoms with Crippen LogP contribution >= 0.6 is 0 Å². The fraction of sp³-hybridized carbons (Fsp3) is 0.182. The smallest absolute Gasteiger partial charge is 0.274 e. The van der Waals surface area contributed by atoms with Gasteiger partial charge >= 0.3 is 0 Å². The van der Waals surface area contributed by atoms with Crippen molar-refractivity contribution in [3.63, 3.8) is 0 Å². The Hall–Kier alpha value is -3.48. The molecule has 7 heteroatoms. The van der Waals surface area contributed by atoms with E-state index in [4.69, 9.17) is 0 Å². The lowest BCUT2D eigenvalue weighted by molar-refractivity contribution is 0.102.